The summed E-state index contributed by atoms with van der Waals surface area (Å²) in [7, 11) is 0. The molecule has 0 fully saturated rings. The number of aryl methyl sites for hydroxylation is 1. The first-order chi connectivity index (χ1) is 9.08. The van der Waals surface area contributed by atoms with Gasteiger partial charge in [-0.1, -0.05) is 35.9 Å². The third kappa shape index (κ3) is 3.38. The predicted octanol–water partition coefficient (Wildman–Crippen LogP) is 4.12. The lowest BCUT2D eigenvalue weighted by Gasteiger charge is -2.15. The Bertz CT molecular complexity index is 529. The maximum absolute atomic E-state index is 13.5. The van der Waals surface area contributed by atoms with Crippen LogP contribution >= 0.6 is 0 Å². The SMILES string of the molecule is Cc1ccc([C@H](C)NCc2c(F)cccc2F)cc1. The Morgan fingerprint density at radius 1 is 1.00 bits per heavy atom. The third-order valence-corrected chi connectivity index (χ3v) is 3.22. The van der Waals surface area contributed by atoms with Crippen molar-refractivity contribution >= 4 is 0 Å². The highest BCUT2D eigenvalue weighted by Gasteiger charge is 2.10. The highest BCUT2D eigenvalue weighted by atomic mass is 19.1. The number of nitrogens with one attached hydrogen (secondary N) is 1. The highest BCUT2D eigenvalue weighted by Crippen LogP contribution is 2.16. The first kappa shape index (κ1) is 13.7. The molecule has 0 amide bonds. The molecule has 0 aliphatic carbocycles. The van der Waals surface area contributed by atoms with Crippen LogP contribution in [0, 0.1) is 18.6 Å². The van der Waals surface area contributed by atoms with Crippen molar-refractivity contribution in [3.05, 3.63) is 70.8 Å². The molecule has 1 N–H and O–H groups in total. The first-order valence-corrected chi connectivity index (χ1v) is 6.31. The fourth-order valence-corrected chi connectivity index (χ4v) is 1.93. The quantitative estimate of drug-likeness (QED) is 0.872. The van der Waals surface area contributed by atoms with E-state index in [-0.39, 0.29) is 18.2 Å². The smallest absolute Gasteiger partial charge is 0.130 e. The van der Waals surface area contributed by atoms with Crippen molar-refractivity contribution in [2.75, 3.05) is 0 Å². The van der Waals surface area contributed by atoms with E-state index in [4.69, 9.17) is 0 Å². The van der Waals surface area contributed by atoms with Gasteiger partial charge in [-0.2, -0.15) is 0 Å². The number of halogens is 2. The summed E-state index contributed by atoms with van der Waals surface area (Å²) in [5.74, 6) is -1.02. The summed E-state index contributed by atoms with van der Waals surface area (Å²) in [5, 5.41) is 3.14. The van der Waals surface area contributed by atoms with E-state index in [1.165, 1.54) is 23.8 Å². The standard InChI is InChI=1S/C16H17F2N/c1-11-6-8-13(9-7-11)12(2)19-10-14-15(17)4-3-5-16(14)18/h3-9,12,19H,10H2,1-2H3/t12-/m0/s1. The van der Waals surface area contributed by atoms with E-state index < -0.39 is 11.6 Å². The van der Waals surface area contributed by atoms with E-state index >= 15 is 0 Å². The lowest BCUT2D eigenvalue weighted by atomic mass is 10.1. The van der Waals surface area contributed by atoms with Gasteiger partial charge in [-0.05, 0) is 31.5 Å². The van der Waals surface area contributed by atoms with Crippen molar-refractivity contribution in [1.82, 2.24) is 5.32 Å². The molecule has 0 heterocycles. The summed E-state index contributed by atoms with van der Waals surface area (Å²) in [4.78, 5) is 0. The maximum atomic E-state index is 13.5. The summed E-state index contributed by atoms with van der Waals surface area (Å²) in [6.07, 6.45) is 0. The van der Waals surface area contributed by atoms with Gasteiger partial charge in [0.1, 0.15) is 11.6 Å². The van der Waals surface area contributed by atoms with E-state index in [0.29, 0.717) is 0 Å². The van der Waals surface area contributed by atoms with Gasteiger partial charge in [-0.3, -0.25) is 0 Å². The summed E-state index contributed by atoms with van der Waals surface area (Å²) in [6.45, 7) is 4.17. The molecule has 100 valence electrons. The van der Waals surface area contributed by atoms with Gasteiger partial charge in [-0.15, -0.1) is 0 Å². The minimum Gasteiger partial charge on any atom is -0.306 e. The van der Waals surface area contributed by atoms with Crippen LogP contribution in [0.5, 0.6) is 0 Å². The van der Waals surface area contributed by atoms with Crippen LogP contribution in [-0.2, 0) is 6.54 Å². The minimum absolute atomic E-state index is 0.0413. The monoisotopic (exact) mass is 261 g/mol. The van der Waals surface area contributed by atoms with Crippen molar-refractivity contribution < 1.29 is 8.78 Å². The summed E-state index contributed by atoms with van der Waals surface area (Å²) in [6, 6.07) is 12.0. The number of hydrogen-bond acceptors (Lipinski definition) is 1. The average Bonchev–Trinajstić information content (AvgIpc) is 2.38. The van der Waals surface area contributed by atoms with Crippen molar-refractivity contribution in [2.24, 2.45) is 0 Å². The van der Waals surface area contributed by atoms with E-state index in [1.54, 1.807) is 0 Å². The zero-order valence-electron chi connectivity index (χ0n) is 11.1. The number of hydrogen-bond donors (Lipinski definition) is 1. The molecule has 0 unspecified atom stereocenters. The summed E-state index contributed by atoms with van der Waals surface area (Å²) in [5.41, 5.74) is 2.37. The van der Waals surface area contributed by atoms with Crippen LogP contribution in [0.3, 0.4) is 0 Å². The molecule has 19 heavy (non-hydrogen) atoms. The van der Waals surface area contributed by atoms with Crippen molar-refractivity contribution in [3.63, 3.8) is 0 Å². The molecule has 0 aliphatic rings. The highest BCUT2D eigenvalue weighted by molar-refractivity contribution is 5.24. The minimum atomic E-state index is -0.511. The molecule has 0 spiro atoms. The van der Waals surface area contributed by atoms with Crippen LogP contribution in [0.25, 0.3) is 0 Å². The zero-order valence-corrected chi connectivity index (χ0v) is 11.1. The second-order valence-corrected chi connectivity index (χ2v) is 4.71. The van der Waals surface area contributed by atoms with Crippen LogP contribution < -0.4 is 5.32 Å². The molecule has 0 aliphatic heterocycles. The maximum Gasteiger partial charge on any atom is 0.130 e. The second kappa shape index (κ2) is 5.93. The molecule has 2 aromatic rings. The van der Waals surface area contributed by atoms with Crippen LogP contribution in [0.1, 0.15) is 29.7 Å². The van der Waals surface area contributed by atoms with E-state index in [1.807, 2.05) is 38.1 Å². The molecule has 1 atom stereocenters. The fourth-order valence-electron chi connectivity index (χ4n) is 1.93. The third-order valence-electron chi connectivity index (χ3n) is 3.22. The van der Waals surface area contributed by atoms with Crippen LogP contribution in [0.15, 0.2) is 42.5 Å². The number of benzene rings is 2. The van der Waals surface area contributed by atoms with Gasteiger partial charge in [0.15, 0.2) is 0 Å². The van der Waals surface area contributed by atoms with E-state index in [9.17, 15) is 8.78 Å². The van der Waals surface area contributed by atoms with Crippen LogP contribution in [-0.4, -0.2) is 0 Å². The average molecular weight is 261 g/mol. The van der Waals surface area contributed by atoms with Gasteiger partial charge in [0.2, 0.25) is 0 Å². The van der Waals surface area contributed by atoms with Gasteiger partial charge < -0.3 is 5.32 Å². The summed E-state index contributed by atoms with van der Waals surface area (Å²) >= 11 is 0. The van der Waals surface area contributed by atoms with Gasteiger partial charge in [0.25, 0.3) is 0 Å². The zero-order chi connectivity index (χ0) is 13.8. The van der Waals surface area contributed by atoms with Crippen LogP contribution in [0.4, 0.5) is 8.78 Å². The van der Waals surface area contributed by atoms with Gasteiger partial charge in [0, 0.05) is 18.2 Å². The lowest BCUT2D eigenvalue weighted by molar-refractivity contribution is 0.509. The lowest BCUT2D eigenvalue weighted by Crippen LogP contribution is -2.19. The molecule has 0 aromatic heterocycles. The molecule has 0 bridgehead atoms. The van der Waals surface area contributed by atoms with E-state index in [0.717, 1.165) is 5.56 Å². The van der Waals surface area contributed by atoms with Gasteiger partial charge in [0.05, 0.1) is 0 Å². The van der Waals surface area contributed by atoms with Gasteiger partial charge in [-0.25, -0.2) is 8.78 Å². The Balaban J connectivity index is 2.04. The molecule has 2 aromatic carbocycles. The predicted molar refractivity (Wildman–Crippen MR) is 72.8 cm³/mol. The molecule has 0 saturated carbocycles. The Morgan fingerprint density at radius 2 is 1.58 bits per heavy atom. The molecule has 2 rings (SSSR count). The Morgan fingerprint density at radius 3 is 2.16 bits per heavy atom. The molecule has 3 heteroatoms. The molecule has 1 nitrogen and oxygen atoms in total. The van der Waals surface area contributed by atoms with Crippen molar-refractivity contribution in [2.45, 2.75) is 26.4 Å². The molecule has 0 saturated heterocycles. The largest absolute Gasteiger partial charge is 0.306 e. The second-order valence-electron chi connectivity index (χ2n) is 4.71. The van der Waals surface area contributed by atoms with Crippen molar-refractivity contribution in [3.8, 4) is 0 Å². The first-order valence-electron chi connectivity index (χ1n) is 6.31. The molecular weight excluding hydrogens is 244 g/mol. The summed E-state index contributed by atoms with van der Waals surface area (Å²) < 4.78 is 27.0. The normalized spacial score (nSPS) is 12.4. The van der Waals surface area contributed by atoms with Gasteiger partial charge >= 0.3 is 0 Å². The van der Waals surface area contributed by atoms with E-state index in [2.05, 4.69) is 5.32 Å². The van der Waals surface area contributed by atoms with Crippen LogP contribution in [0.2, 0.25) is 0 Å². The topological polar surface area (TPSA) is 12.0 Å². The Kier molecular flexibility index (Phi) is 4.27. The Labute approximate surface area is 112 Å². The Hall–Kier alpha value is -1.74. The number of rotatable bonds is 4. The fraction of sp³-hybridized carbons (Fsp3) is 0.250. The molecular formula is C16H17F2N. The molecule has 0 radical (unpaired) electrons. The van der Waals surface area contributed by atoms with Crippen molar-refractivity contribution in [1.29, 1.82) is 0 Å².